The Morgan fingerprint density at radius 2 is 2.05 bits per heavy atom. The zero-order chi connectivity index (χ0) is 15.8. The summed E-state index contributed by atoms with van der Waals surface area (Å²) in [6, 6.07) is 10.7. The molecule has 0 aliphatic rings. The zero-order valence-corrected chi connectivity index (χ0v) is 12.1. The van der Waals surface area contributed by atoms with Gasteiger partial charge >= 0.3 is 5.97 Å². The maximum atomic E-state index is 11.6. The second-order valence-electron chi connectivity index (χ2n) is 4.40. The lowest BCUT2D eigenvalue weighted by atomic mass is 10.1. The fraction of sp³-hybridized carbons (Fsp3) is 0.188. The fourth-order valence-electron chi connectivity index (χ4n) is 1.80. The first-order chi connectivity index (χ1) is 10.7. The minimum Gasteiger partial charge on any atom is -0.460 e. The molecule has 1 heterocycles. The Kier molecular flexibility index (Phi) is 5.62. The Bertz CT molecular complexity index is 708. The van der Waals surface area contributed by atoms with E-state index in [1.807, 2.05) is 30.3 Å². The van der Waals surface area contributed by atoms with Crippen LogP contribution in [0.15, 0.2) is 47.3 Å². The number of hydrogen-bond donors (Lipinski definition) is 1. The second-order valence-corrected chi connectivity index (χ2v) is 4.40. The standard InChI is InChI=1S/C16H16N2O4/c1-21-9-10-22-15(20)8-7-13-11-14(19)17-18-16(13)12-5-3-2-4-6-12/h2-8,11H,9-10H2,1H3,(H,17,19)/b8-7+. The molecule has 0 aliphatic carbocycles. The Hall–Kier alpha value is -2.73. The van der Waals surface area contributed by atoms with Crippen LogP contribution in [0, 0.1) is 0 Å². The van der Waals surface area contributed by atoms with Crippen molar-refractivity contribution in [1.82, 2.24) is 10.2 Å². The summed E-state index contributed by atoms with van der Waals surface area (Å²) >= 11 is 0. The van der Waals surface area contributed by atoms with Gasteiger partial charge in [-0.2, -0.15) is 5.10 Å². The number of carbonyl (C=O) groups excluding carboxylic acids is 1. The Morgan fingerprint density at radius 1 is 1.27 bits per heavy atom. The van der Waals surface area contributed by atoms with Gasteiger partial charge in [-0.15, -0.1) is 0 Å². The number of methoxy groups -OCH3 is 1. The van der Waals surface area contributed by atoms with E-state index in [1.165, 1.54) is 25.3 Å². The lowest BCUT2D eigenvalue weighted by Crippen LogP contribution is -2.09. The van der Waals surface area contributed by atoms with E-state index in [0.29, 0.717) is 17.9 Å². The van der Waals surface area contributed by atoms with Crippen molar-refractivity contribution < 1.29 is 14.3 Å². The Balaban J connectivity index is 2.21. The molecule has 0 unspecified atom stereocenters. The average Bonchev–Trinajstić information content (AvgIpc) is 2.54. The quantitative estimate of drug-likeness (QED) is 0.498. The third-order valence-electron chi connectivity index (χ3n) is 2.82. The summed E-state index contributed by atoms with van der Waals surface area (Å²) in [4.78, 5) is 23.0. The van der Waals surface area contributed by atoms with Crippen molar-refractivity contribution in [3.63, 3.8) is 0 Å². The molecule has 0 aliphatic heterocycles. The largest absolute Gasteiger partial charge is 0.460 e. The average molecular weight is 300 g/mol. The molecule has 1 N–H and O–H groups in total. The van der Waals surface area contributed by atoms with Crippen molar-refractivity contribution >= 4 is 12.0 Å². The van der Waals surface area contributed by atoms with Crippen LogP contribution >= 0.6 is 0 Å². The van der Waals surface area contributed by atoms with Crippen LogP contribution in [0.4, 0.5) is 0 Å². The van der Waals surface area contributed by atoms with E-state index >= 15 is 0 Å². The number of nitrogens with zero attached hydrogens (tertiary/aromatic N) is 1. The third kappa shape index (κ3) is 4.39. The molecule has 0 saturated heterocycles. The maximum absolute atomic E-state index is 11.6. The van der Waals surface area contributed by atoms with Crippen LogP contribution < -0.4 is 5.56 Å². The number of rotatable bonds is 6. The first-order valence-corrected chi connectivity index (χ1v) is 6.69. The molecular weight excluding hydrogens is 284 g/mol. The van der Waals surface area contributed by atoms with Gasteiger partial charge in [0.2, 0.25) is 0 Å². The van der Waals surface area contributed by atoms with Crippen molar-refractivity contribution in [2.45, 2.75) is 0 Å². The summed E-state index contributed by atoms with van der Waals surface area (Å²) in [7, 11) is 1.53. The summed E-state index contributed by atoms with van der Waals surface area (Å²) < 4.78 is 9.71. The van der Waals surface area contributed by atoms with Gasteiger partial charge in [0, 0.05) is 30.4 Å². The van der Waals surface area contributed by atoms with E-state index in [1.54, 1.807) is 0 Å². The topological polar surface area (TPSA) is 81.3 Å². The SMILES string of the molecule is COCCOC(=O)/C=C/c1cc(=O)[nH]nc1-c1ccccc1. The molecule has 0 amide bonds. The first kappa shape index (κ1) is 15.7. The van der Waals surface area contributed by atoms with Crippen molar-refractivity contribution in [2.24, 2.45) is 0 Å². The van der Waals surface area contributed by atoms with E-state index in [0.717, 1.165) is 5.56 Å². The maximum Gasteiger partial charge on any atom is 0.330 e. The summed E-state index contributed by atoms with van der Waals surface area (Å²) in [5.41, 5.74) is 1.62. The molecule has 0 atom stereocenters. The van der Waals surface area contributed by atoms with Gasteiger partial charge in [0.05, 0.1) is 12.3 Å². The molecule has 6 nitrogen and oxygen atoms in total. The molecule has 2 aromatic rings. The monoisotopic (exact) mass is 300 g/mol. The van der Waals surface area contributed by atoms with E-state index in [2.05, 4.69) is 10.2 Å². The molecule has 0 fully saturated rings. The third-order valence-corrected chi connectivity index (χ3v) is 2.82. The van der Waals surface area contributed by atoms with Gasteiger partial charge in [-0.05, 0) is 6.08 Å². The molecule has 22 heavy (non-hydrogen) atoms. The number of hydrogen-bond acceptors (Lipinski definition) is 5. The van der Waals surface area contributed by atoms with Gasteiger partial charge in [0.25, 0.3) is 5.56 Å². The van der Waals surface area contributed by atoms with Crippen molar-refractivity contribution in [1.29, 1.82) is 0 Å². The molecule has 2 rings (SSSR count). The normalized spacial score (nSPS) is 10.8. The van der Waals surface area contributed by atoms with Crippen molar-refractivity contribution in [3.8, 4) is 11.3 Å². The predicted molar refractivity (Wildman–Crippen MR) is 82.2 cm³/mol. The van der Waals surface area contributed by atoms with Gasteiger partial charge in [-0.1, -0.05) is 30.3 Å². The summed E-state index contributed by atoms with van der Waals surface area (Å²) in [5, 5.41) is 6.44. The minimum absolute atomic E-state index is 0.179. The number of aromatic amines is 1. The zero-order valence-electron chi connectivity index (χ0n) is 12.1. The van der Waals surface area contributed by atoms with Crippen LogP contribution in [-0.4, -0.2) is 36.5 Å². The van der Waals surface area contributed by atoms with Crippen LogP contribution in [-0.2, 0) is 14.3 Å². The lowest BCUT2D eigenvalue weighted by molar-refractivity contribution is -0.138. The van der Waals surface area contributed by atoms with Gasteiger partial charge in [0.1, 0.15) is 6.61 Å². The molecule has 0 bridgehead atoms. The highest BCUT2D eigenvalue weighted by Crippen LogP contribution is 2.20. The van der Waals surface area contributed by atoms with Gasteiger partial charge in [-0.3, -0.25) is 4.79 Å². The number of ether oxygens (including phenoxy) is 2. The molecule has 1 aromatic carbocycles. The number of H-pyrrole nitrogens is 1. The fourth-order valence-corrected chi connectivity index (χ4v) is 1.80. The molecule has 0 radical (unpaired) electrons. The van der Waals surface area contributed by atoms with Crippen molar-refractivity contribution in [2.75, 3.05) is 20.3 Å². The number of esters is 1. The molecule has 1 aromatic heterocycles. The first-order valence-electron chi connectivity index (χ1n) is 6.69. The lowest BCUT2D eigenvalue weighted by Gasteiger charge is -2.04. The van der Waals surface area contributed by atoms with Gasteiger partial charge in [0.15, 0.2) is 0 Å². The van der Waals surface area contributed by atoms with Gasteiger partial charge < -0.3 is 9.47 Å². The van der Waals surface area contributed by atoms with Crippen LogP contribution in [0.5, 0.6) is 0 Å². The Labute approximate surface area is 127 Å². The second kappa shape index (κ2) is 7.90. The Morgan fingerprint density at radius 3 is 2.77 bits per heavy atom. The highest BCUT2D eigenvalue weighted by atomic mass is 16.6. The van der Waals surface area contributed by atoms with Crippen molar-refractivity contribution in [3.05, 3.63) is 58.4 Å². The van der Waals surface area contributed by atoms with Gasteiger partial charge in [-0.25, -0.2) is 9.89 Å². The number of nitrogens with one attached hydrogen (secondary N) is 1. The van der Waals surface area contributed by atoms with E-state index in [-0.39, 0.29) is 12.2 Å². The van der Waals surface area contributed by atoms with E-state index in [9.17, 15) is 9.59 Å². The molecule has 0 spiro atoms. The molecule has 6 heteroatoms. The predicted octanol–water partition coefficient (Wildman–Crippen LogP) is 1.64. The number of aromatic nitrogens is 2. The van der Waals surface area contributed by atoms with Crippen LogP contribution in [0.1, 0.15) is 5.56 Å². The minimum atomic E-state index is -0.503. The van der Waals surface area contributed by atoms with Crippen LogP contribution in [0.25, 0.3) is 17.3 Å². The molecular formula is C16H16N2O4. The summed E-state index contributed by atoms with van der Waals surface area (Å²) in [6.45, 7) is 0.514. The highest BCUT2D eigenvalue weighted by Gasteiger charge is 2.06. The number of benzene rings is 1. The summed E-state index contributed by atoms with van der Waals surface area (Å²) in [6.07, 6.45) is 2.78. The number of carbonyl (C=O) groups is 1. The smallest absolute Gasteiger partial charge is 0.330 e. The highest BCUT2D eigenvalue weighted by molar-refractivity contribution is 5.88. The molecule has 114 valence electrons. The molecule has 0 saturated carbocycles. The summed E-state index contributed by atoms with van der Waals surface area (Å²) in [5.74, 6) is -0.503. The van der Waals surface area contributed by atoms with Crippen LogP contribution in [0.3, 0.4) is 0 Å². The van der Waals surface area contributed by atoms with E-state index in [4.69, 9.17) is 9.47 Å². The van der Waals surface area contributed by atoms with E-state index < -0.39 is 5.97 Å². The van der Waals surface area contributed by atoms with Crippen LogP contribution in [0.2, 0.25) is 0 Å².